The van der Waals surface area contributed by atoms with Crippen LogP contribution in [0.5, 0.6) is 0 Å². The van der Waals surface area contributed by atoms with Gasteiger partial charge in [0.25, 0.3) is 0 Å². The predicted molar refractivity (Wildman–Crippen MR) is 83.1 cm³/mol. The topological polar surface area (TPSA) is 21.3 Å². The highest BCUT2D eigenvalue weighted by Crippen LogP contribution is 2.44. The van der Waals surface area contributed by atoms with Crippen molar-refractivity contribution in [1.82, 2.24) is 5.32 Å². The number of fused-ring (bicyclic) bond motifs is 1. The first kappa shape index (κ1) is 13.9. The molecule has 1 aromatic rings. The molecular formula is C15H23NOS2. The van der Waals surface area contributed by atoms with E-state index in [9.17, 15) is 0 Å². The Labute approximate surface area is 124 Å². The van der Waals surface area contributed by atoms with Gasteiger partial charge in [-0.25, -0.2) is 0 Å². The molecule has 1 N–H and O–H groups in total. The van der Waals surface area contributed by atoms with E-state index >= 15 is 0 Å². The molecule has 1 aromatic heterocycles. The van der Waals surface area contributed by atoms with Gasteiger partial charge >= 0.3 is 0 Å². The van der Waals surface area contributed by atoms with Gasteiger partial charge in [0.2, 0.25) is 0 Å². The fourth-order valence-corrected chi connectivity index (χ4v) is 5.74. The van der Waals surface area contributed by atoms with Crippen molar-refractivity contribution < 1.29 is 4.74 Å². The number of hydrogen-bond acceptors (Lipinski definition) is 4. The number of nitrogens with one attached hydrogen (secondary N) is 1. The van der Waals surface area contributed by atoms with E-state index in [1.54, 1.807) is 0 Å². The summed E-state index contributed by atoms with van der Waals surface area (Å²) in [5, 5.41) is 6.87. The average molecular weight is 297 g/mol. The molecule has 0 aromatic carbocycles. The first-order valence-electron chi connectivity index (χ1n) is 7.32. The lowest BCUT2D eigenvalue weighted by Gasteiger charge is -2.34. The SMILES string of the molecule is CC(NC1C[C@H](C)Sc2sccc21)C1CCOCC1. The fraction of sp³-hybridized carbons (Fsp3) is 0.733. The maximum atomic E-state index is 5.47. The van der Waals surface area contributed by atoms with Gasteiger partial charge in [-0.3, -0.25) is 0 Å². The molecule has 3 heterocycles. The minimum Gasteiger partial charge on any atom is -0.381 e. The Balaban J connectivity index is 1.66. The van der Waals surface area contributed by atoms with Crippen molar-refractivity contribution in [1.29, 1.82) is 0 Å². The fourth-order valence-electron chi connectivity index (χ4n) is 3.18. The Bertz CT molecular complexity index is 414. The van der Waals surface area contributed by atoms with Crippen LogP contribution in [0.2, 0.25) is 0 Å². The van der Waals surface area contributed by atoms with Crippen molar-refractivity contribution in [2.75, 3.05) is 13.2 Å². The number of thiophene rings is 1. The summed E-state index contributed by atoms with van der Waals surface area (Å²) in [7, 11) is 0. The van der Waals surface area contributed by atoms with Crippen LogP contribution in [-0.4, -0.2) is 24.5 Å². The van der Waals surface area contributed by atoms with E-state index in [-0.39, 0.29) is 0 Å². The highest BCUT2D eigenvalue weighted by atomic mass is 32.2. The van der Waals surface area contributed by atoms with Crippen LogP contribution in [0, 0.1) is 5.92 Å². The van der Waals surface area contributed by atoms with Gasteiger partial charge in [0.15, 0.2) is 0 Å². The van der Waals surface area contributed by atoms with Crippen LogP contribution in [0.1, 0.15) is 44.7 Å². The molecule has 106 valence electrons. The summed E-state index contributed by atoms with van der Waals surface area (Å²) < 4.78 is 6.99. The van der Waals surface area contributed by atoms with Crippen LogP contribution in [0.3, 0.4) is 0 Å². The predicted octanol–water partition coefficient (Wildman–Crippen LogP) is 4.08. The highest BCUT2D eigenvalue weighted by molar-refractivity contribution is 8.01. The van der Waals surface area contributed by atoms with E-state index in [0.717, 1.165) is 24.4 Å². The third kappa shape index (κ3) is 3.18. The molecule has 0 spiro atoms. The smallest absolute Gasteiger partial charge is 0.0649 e. The summed E-state index contributed by atoms with van der Waals surface area (Å²) >= 11 is 3.94. The lowest BCUT2D eigenvalue weighted by molar-refractivity contribution is 0.0541. The summed E-state index contributed by atoms with van der Waals surface area (Å²) in [6.45, 7) is 6.59. The molecule has 2 nitrogen and oxygen atoms in total. The summed E-state index contributed by atoms with van der Waals surface area (Å²) in [5.74, 6) is 0.778. The van der Waals surface area contributed by atoms with Gasteiger partial charge in [0.05, 0.1) is 4.21 Å². The first-order valence-corrected chi connectivity index (χ1v) is 9.08. The molecule has 0 aliphatic carbocycles. The van der Waals surface area contributed by atoms with E-state index in [2.05, 4.69) is 30.6 Å². The second-order valence-corrected chi connectivity index (χ2v) is 8.41. The Kier molecular flexibility index (Phi) is 4.52. The first-order chi connectivity index (χ1) is 9.24. The van der Waals surface area contributed by atoms with E-state index in [4.69, 9.17) is 4.74 Å². The highest BCUT2D eigenvalue weighted by Gasteiger charge is 2.29. The third-order valence-corrected chi connectivity index (χ3v) is 6.69. The largest absolute Gasteiger partial charge is 0.381 e. The standard InChI is InChI=1S/C15H23NOS2/c1-10-9-14(13-5-8-18-15(13)19-10)16-11(2)12-3-6-17-7-4-12/h5,8,10-12,14,16H,3-4,6-7,9H2,1-2H3/t10-,11?,14?/m0/s1. The maximum Gasteiger partial charge on any atom is 0.0649 e. The molecule has 4 heteroatoms. The van der Waals surface area contributed by atoms with Crippen molar-refractivity contribution in [3.63, 3.8) is 0 Å². The molecular weight excluding hydrogens is 274 g/mol. The molecule has 0 radical (unpaired) electrons. The number of rotatable bonds is 3. The van der Waals surface area contributed by atoms with E-state index in [1.165, 1.54) is 29.0 Å². The third-order valence-electron chi connectivity index (χ3n) is 4.35. The molecule has 19 heavy (non-hydrogen) atoms. The minimum atomic E-state index is 0.551. The van der Waals surface area contributed by atoms with Crippen LogP contribution < -0.4 is 5.32 Å². The van der Waals surface area contributed by atoms with Gasteiger partial charge in [-0.05, 0) is 49.1 Å². The Morgan fingerprint density at radius 2 is 2.16 bits per heavy atom. The van der Waals surface area contributed by atoms with Crippen molar-refractivity contribution in [2.24, 2.45) is 5.92 Å². The monoisotopic (exact) mass is 297 g/mol. The zero-order valence-corrected chi connectivity index (χ0v) is 13.4. The van der Waals surface area contributed by atoms with Crippen LogP contribution >= 0.6 is 23.1 Å². The van der Waals surface area contributed by atoms with E-state index in [1.807, 2.05) is 23.1 Å². The van der Waals surface area contributed by atoms with Gasteiger partial charge < -0.3 is 10.1 Å². The molecule has 0 amide bonds. The van der Waals surface area contributed by atoms with Crippen LogP contribution in [0.4, 0.5) is 0 Å². The molecule has 0 bridgehead atoms. The number of hydrogen-bond donors (Lipinski definition) is 1. The lowest BCUT2D eigenvalue weighted by atomic mass is 9.91. The van der Waals surface area contributed by atoms with Crippen molar-refractivity contribution in [3.8, 4) is 0 Å². The van der Waals surface area contributed by atoms with Crippen LogP contribution in [-0.2, 0) is 4.74 Å². The summed E-state index contributed by atoms with van der Waals surface area (Å²) in [5.41, 5.74) is 1.53. The molecule has 2 aliphatic heterocycles. The van der Waals surface area contributed by atoms with E-state index < -0.39 is 0 Å². The zero-order valence-electron chi connectivity index (χ0n) is 11.7. The van der Waals surface area contributed by atoms with Crippen molar-refractivity contribution >= 4 is 23.1 Å². The van der Waals surface area contributed by atoms with Gasteiger partial charge in [-0.1, -0.05) is 6.92 Å². The van der Waals surface area contributed by atoms with E-state index in [0.29, 0.717) is 12.1 Å². The Morgan fingerprint density at radius 1 is 1.37 bits per heavy atom. The Morgan fingerprint density at radius 3 is 2.95 bits per heavy atom. The lowest BCUT2D eigenvalue weighted by Crippen LogP contribution is -2.40. The van der Waals surface area contributed by atoms with Gasteiger partial charge in [0, 0.05) is 30.5 Å². The molecule has 1 fully saturated rings. The summed E-state index contributed by atoms with van der Waals surface area (Å²) in [6.07, 6.45) is 3.67. The van der Waals surface area contributed by atoms with Gasteiger partial charge in [-0.15, -0.1) is 23.1 Å². The van der Waals surface area contributed by atoms with Crippen molar-refractivity contribution in [2.45, 2.75) is 54.7 Å². The Hall–Kier alpha value is -0.0300. The molecule has 3 rings (SSSR count). The molecule has 0 saturated carbocycles. The molecule has 3 atom stereocenters. The zero-order chi connectivity index (χ0) is 13.2. The number of thioether (sulfide) groups is 1. The number of ether oxygens (including phenoxy) is 1. The van der Waals surface area contributed by atoms with Crippen LogP contribution in [0.15, 0.2) is 15.7 Å². The second-order valence-electron chi connectivity index (χ2n) is 5.79. The summed E-state index contributed by atoms with van der Waals surface area (Å²) in [4.78, 5) is 0. The second kappa shape index (κ2) is 6.17. The normalized spacial score (nSPS) is 30.0. The minimum absolute atomic E-state index is 0.551. The average Bonchev–Trinajstić information content (AvgIpc) is 2.88. The van der Waals surface area contributed by atoms with Crippen molar-refractivity contribution in [3.05, 3.63) is 17.0 Å². The maximum absolute atomic E-state index is 5.47. The molecule has 1 saturated heterocycles. The van der Waals surface area contributed by atoms with Gasteiger partial charge in [0.1, 0.15) is 0 Å². The quantitative estimate of drug-likeness (QED) is 0.908. The molecule has 2 aliphatic rings. The summed E-state index contributed by atoms with van der Waals surface area (Å²) in [6, 6.07) is 3.46. The van der Waals surface area contributed by atoms with Crippen LogP contribution in [0.25, 0.3) is 0 Å². The molecule has 2 unspecified atom stereocenters. The van der Waals surface area contributed by atoms with Gasteiger partial charge in [-0.2, -0.15) is 0 Å².